The van der Waals surface area contributed by atoms with Gasteiger partial charge in [0.1, 0.15) is 12.2 Å². The number of nitrogens with zero attached hydrogens (tertiary/aromatic N) is 3. The molecule has 33 heavy (non-hydrogen) atoms. The van der Waals surface area contributed by atoms with Crippen LogP contribution in [0.3, 0.4) is 0 Å². The van der Waals surface area contributed by atoms with Crippen LogP contribution in [0.15, 0.2) is 42.5 Å². The van der Waals surface area contributed by atoms with E-state index in [0.29, 0.717) is 16.5 Å². The van der Waals surface area contributed by atoms with Crippen molar-refractivity contribution in [1.29, 1.82) is 5.26 Å². The average molecular weight is 486 g/mol. The van der Waals surface area contributed by atoms with Crippen LogP contribution in [0.2, 0.25) is 0 Å². The summed E-state index contributed by atoms with van der Waals surface area (Å²) >= 11 is 0. The Kier molecular flexibility index (Phi) is 6.14. The van der Waals surface area contributed by atoms with Gasteiger partial charge in [-0.3, -0.25) is 14.2 Å². The Morgan fingerprint density at radius 1 is 1.18 bits per heavy atom. The molecule has 2 aromatic carbocycles. The lowest BCUT2D eigenvalue weighted by molar-refractivity contribution is -0.137. The van der Waals surface area contributed by atoms with Crippen molar-refractivity contribution in [3.63, 3.8) is 0 Å². The highest BCUT2D eigenvalue weighted by Crippen LogP contribution is 2.43. The average Bonchev–Trinajstić information content (AvgIpc) is 3.01. The molecule has 1 amide bonds. The number of anilines is 2. The van der Waals surface area contributed by atoms with Gasteiger partial charge in [-0.05, 0) is 42.8 Å². The van der Waals surface area contributed by atoms with Crippen LogP contribution in [-0.4, -0.2) is 36.6 Å². The van der Waals surface area contributed by atoms with E-state index < -0.39 is 56.7 Å². The van der Waals surface area contributed by atoms with E-state index in [0.717, 1.165) is 24.0 Å². The van der Waals surface area contributed by atoms with Crippen molar-refractivity contribution in [2.24, 2.45) is 5.73 Å². The zero-order valence-electron chi connectivity index (χ0n) is 17.0. The van der Waals surface area contributed by atoms with Crippen LogP contribution in [0.4, 0.5) is 28.9 Å². The van der Waals surface area contributed by atoms with Gasteiger partial charge in [-0.15, -0.1) is 0 Å². The maximum Gasteiger partial charge on any atom is 0.417 e. The van der Waals surface area contributed by atoms with Gasteiger partial charge in [0, 0.05) is 17.9 Å². The predicted octanol–water partition coefficient (Wildman–Crippen LogP) is 2.79. The zero-order chi connectivity index (χ0) is 24.8. The molecule has 0 radical (unpaired) electrons. The van der Waals surface area contributed by atoms with E-state index in [-0.39, 0.29) is 12.2 Å². The Balaban J connectivity index is 2.28. The number of carbonyl (C=O) groups excluding carboxylic acids is 1. The molecule has 2 atom stereocenters. The summed E-state index contributed by atoms with van der Waals surface area (Å²) in [5.74, 6) is -1.20. The second-order valence-corrected chi connectivity index (χ2v) is 8.96. The van der Waals surface area contributed by atoms with E-state index in [4.69, 9.17) is 11.0 Å². The normalized spacial score (nSPS) is 21.4. The number of hydrogen-bond acceptors (Lipinski definition) is 6. The first-order valence-corrected chi connectivity index (χ1v) is 10.9. The van der Waals surface area contributed by atoms with Gasteiger partial charge in [0.15, 0.2) is 0 Å². The van der Waals surface area contributed by atoms with Crippen LogP contribution < -0.4 is 15.5 Å². The number of nitriles is 1. The highest BCUT2D eigenvalue weighted by atomic mass is 32.2. The van der Waals surface area contributed by atoms with Crippen molar-refractivity contribution in [2.75, 3.05) is 16.5 Å². The Hall–Kier alpha value is -3.21. The maximum atomic E-state index is 14.2. The van der Waals surface area contributed by atoms with E-state index in [2.05, 4.69) is 0 Å². The number of amides is 1. The van der Waals surface area contributed by atoms with Gasteiger partial charge in [-0.25, -0.2) is 4.39 Å². The van der Waals surface area contributed by atoms with Crippen molar-refractivity contribution >= 4 is 27.4 Å². The monoisotopic (exact) mass is 486 g/mol. The summed E-state index contributed by atoms with van der Waals surface area (Å²) < 4.78 is 89.4. The first-order valence-electron chi connectivity index (χ1n) is 9.35. The first kappa shape index (κ1) is 24.4. The molecule has 1 heterocycles. The third kappa shape index (κ3) is 4.12. The zero-order valence-corrected chi connectivity index (χ0v) is 17.9. The molecule has 3 rings (SSSR count). The van der Waals surface area contributed by atoms with Crippen LogP contribution in [0.5, 0.6) is 0 Å². The van der Waals surface area contributed by atoms with Crippen LogP contribution in [0, 0.1) is 11.3 Å². The summed E-state index contributed by atoms with van der Waals surface area (Å²) in [7, 11) is -5.20. The second kappa shape index (κ2) is 8.29. The van der Waals surface area contributed by atoms with Crippen LogP contribution >= 0.6 is 0 Å². The van der Waals surface area contributed by atoms with Crippen LogP contribution in [-0.2, 0) is 27.6 Å². The molecular weight excluding hydrogens is 468 g/mol. The Morgan fingerprint density at radius 2 is 1.76 bits per heavy atom. The van der Waals surface area contributed by atoms with Crippen molar-refractivity contribution in [2.45, 2.75) is 30.7 Å². The molecule has 0 aromatic heterocycles. The molecule has 0 aliphatic carbocycles. The molecule has 1 aliphatic rings. The SMILES string of the molecule is CC1(CF)C(=O)N(c2ccc(C#N)c(C(F)(F)F)c2)C(S(=O)(=O)O)N1c1ccc(CN)cc1. The highest BCUT2D eigenvalue weighted by Gasteiger charge is 2.60. The molecular formula is C20H18F4N4O4S. The predicted molar refractivity (Wildman–Crippen MR) is 110 cm³/mol. The summed E-state index contributed by atoms with van der Waals surface area (Å²) in [6.07, 6.45) is -5.00. The number of halogens is 4. The standard InChI is InChI=1S/C20H18F4N4O4S/c1-19(11-21)17(29)27(15-7-4-13(10-26)16(8-15)20(22,23)24)18(33(30,31)32)28(19)14-5-2-12(9-25)3-6-14/h2-8,18H,9,11,25H2,1H3,(H,30,31,32). The summed E-state index contributed by atoms with van der Waals surface area (Å²) in [6.45, 7) is -0.215. The molecule has 3 N–H and O–H groups in total. The van der Waals surface area contributed by atoms with Crippen LogP contribution in [0.1, 0.15) is 23.6 Å². The molecule has 2 aromatic rings. The van der Waals surface area contributed by atoms with E-state index in [1.54, 1.807) is 0 Å². The molecule has 0 spiro atoms. The molecule has 1 aliphatic heterocycles. The Labute approximate surface area is 186 Å². The highest BCUT2D eigenvalue weighted by molar-refractivity contribution is 7.86. The number of alkyl halides is 4. The van der Waals surface area contributed by atoms with E-state index in [1.165, 1.54) is 30.3 Å². The molecule has 1 fully saturated rings. The third-order valence-corrected chi connectivity index (χ3v) is 6.29. The number of rotatable bonds is 5. The fourth-order valence-electron chi connectivity index (χ4n) is 3.67. The second-order valence-electron chi connectivity index (χ2n) is 7.50. The van der Waals surface area contributed by atoms with E-state index >= 15 is 0 Å². The topological polar surface area (TPSA) is 128 Å². The van der Waals surface area contributed by atoms with Gasteiger partial charge in [-0.1, -0.05) is 12.1 Å². The van der Waals surface area contributed by atoms with Gasteiger partial charge >= 0.3 is 16.3 Å². The minimum atomic E-state index is -5.20. The first-order chi connectivity index (χ1) is 15.3. The number of carbonyl (C=O) groups is 1. The quantitative estimate of drug-likeness (QED) is 0.491. The smallest absolute Gasteiger partial charge is 0.326 e. The van der Waals surface area contributed by atoms with Gasteiger partial charge in [0.05, 0.1) is 17.2 Å². The largest absolute Gasteiger partial charge is 0.417 e. The Bertz CT molecular complexity index is 1230. The third-order valence-electron chi connectivity index (χ3n) is 5.34. The number of hydrogen-bond donors (Lipinski definition) is 2. The molecule has 2 unspecified atom stereocenters. The van der Waals surface area contributed by atoms with E-state index in [9.17, 15) is 35.3 Å². The fraction of sp³-hybridized carbons (Fsp3) is 0.300. The van der Waals surface area contributed by atoms with Gasteiger partial charge in [0.2, 0.25) is 5.50 Å². The lowest BCUT2D eigenvalue weighted by atomic mass is 10.0. The summed E-state index contributed by atoms with van der Waals surface area (Å²) in [6, 6.07) is 9.15. The lowest BCUT2D eigenvalue weighted by Gasteiger charge is -2.34. The molecule has 176 valence electrons. The molecule has 0 saturated carbocycles. The van der Waals surface area contributed by atoms with Crippen molar-refractivity contribution in [3.05, 3.63) is 59.2 Å². The molecule has 13 heteroatoms. The van der Waals surface area contributed by atoms with Gasteiger partial charge < -0.3 is 10.6 Å². The van der Waals surface area contributed by atoms with E-state index in [1.807, 2.05) is 0 Å². The molecule has 0 bridgehead atoms. The van der Waals surface area contributed by atoms with Crippen LogP contribution in [0.25, 0.3) is 0 Å². The maximum absolute atomic E-state index is 14.2. The van der Waals surface area contributed by atoms with Gasteiger partial charge in [0.25, 0.3) is 5.91 Å². The number of benzene rings is 2. The van der Waals surface area contributed by atoms with Crippen molar-refractivity contribution in [1.82, 2.24) is 0 Å². The molecule has 8 nitrogen and oxygen atoms in total. The Morgan fingerprint density at radius 3 is 2.21 bits per heavy atom. The van der Waals surface area contributed by atoms with Crippen molar-refractivity contribution < 1.29 is 35.3 Å². The summed E-state index contributed by atoms with van der Waals surface area (Å²) in [5.41, 5.74) is -1.05. The minimum absolute atomic E-state index is 0.00974. The summed E-state index contributed by atoms with van der Waals surface area (Å²) in [4.78, 5) is 14.4. The lowest BCUT2D eigenvalue weighted by Crippen LogP contribution is -2.52. The molecule has 1 saturated heterocycles. The number of nitrogens with two attached hydrogens (primary N) is 1. The fourth-order valence-corrected chi connectivity index (χ4v) is 4.78. The van der Waals surface area contributed by atoms with Crippen molar-refractivity contribution in [3.8, 4) is 6.07 Å². The summed E-state index contributed by atoms with van der Waals surface area (Å²) in [5, 5.41) is 8.99. The van der Waals surface area contributed by atoms with Gasteiger partial charge in [-0.2, -0.15) is 26.9 Å². The minimum Gasteiger partial charge on any atom is -0.326 e.